The molecule has 2 atom stereocenters. The third-order valence-electron chi connectivity index (χ3n) is 3.43. The molecule has 0 spiro atoms. The van der Waals surface area contributed by atoms with Gasteiger partial charge in [-0.15, -0.1) is 0 Å². The smallest absolute Gasteiger partial charge is 0.306 e. The van der Waals surface area contributed by atoms with Gasteiger partial charge >= 0.3 is 5.97 Å². The maximum atomic E-state index is 11.6. The molecule has 0 aliphatic carbocycles. The highest BCUT2D eigenvalue weighted by atomic mass is 16.5. The Kier molecular flexibility index (Phi) is 6.31. The van der Waals surface area contributed by atoms with E-state index in [1.807, 2.05) is 0 Å². The highest BCUT2D eigenvalue weighted by Crippen LogP contribution is 2.18. The highest BCUT2D eigenvalue weighted by Gasteiger charge is 2.17. The lowest BCUT2D eigenvalue weighted by Gasteiger charge is -2.20. The van der Waals surface area contributed by atoms with E-state index in [1.54, 1.807) is 0 Å². The van der Waals surface area contributed by atoms with E-state index in [4.69, 9.17) is 4.74 Å². The van der Waals surface area contributed by atoms with Crippen LogP contribution in [0.3, 0.4) is 0 Å². The fourth-order valence-corrected chi connectivity index (χ4v) is 2.12. The molecule has 0 aromatic carbocycles. The highest BCUT2D eigenvalue weighted by molar-refractivity contribution is 5.69. The average Bonchev–Trinajstić information content (AvgIpc) is 2.26. The van der Waals surface area contributed by atoms with E-state index < -0.39 is 0 Å². The van der Waals surface area contributed by atoms with E-state index in [2.05, 4.69) is 32.9 Å². The molecule has 0 fully saturated rings. The first-order chi connectivity index (χ1) is 8.09. The fourth-order valence-electron chi connectivity index (χ4n) is 2.12. The summed E-state index contributed by atoms with van der Waals surface area (Å²) in [5.74, 6) is 1.11. The van der Waals surface area contributed by atoms with Crippen molar-refractivity contribution in [3.05, 3.63) is 12.2 Å². The molecule has 1 aliphatic heterocycles. The first-order valence-electron chi connectivity index (χ1n) is 6.94. The Bertz CT molecular complexity index is 256. The van der Waals surface area contributed by atoms with E-state index >= 15 is 0 Å². The lowest BCUT2D eigenvalue weighted by molar-refractivity contribution is -0.151. The number of allylic oxidation sites excluding steroid dienone is 1. The monoisotopic (exact) mass is 238 g/mol. The first kappa shape index (κ1) is 14.3. The summed E-state index contributed by atoms with van der Waals surface area (Å²) in [6.45, 7) is 6.51. The van der Waals surface area contributed by atoms with Crippen LogP contribution in [0.4, 0.5) is 0 Å². The molecule has 0 unspecified atom stereocenters. The lowest BCUT2D eigenvalue weighted by Crippen LogP contribution is -2.23. The molecule has 17 heavy (non-hydrogen) atoms. The lowest BCUT2D eigenvalue weighted by atomic mass is 9.98. The van der Waals surface area contributed by atoms with Crippen molar-refractivity contribution in [2.24, 2.45) is 11.8 Å². The number of cyclic esters (lactones) is 1. The number of ether oxygens (including phenoxy) is 1. The Morgan fingerprint density at radius 2 is 1.94 bits per heavy atom. The van der Waals surface area contributed by atoms with Gasteiger partial charge in [0.2, 0.25) is 0 Å². The van der Waals surface area contributed by atoms with E-state index in [9.17, 15) is 4.79 Å². The molecule has 1 aliphatic rings. The molecule has 1 heterocycles. The maximum Gasteiger partial charge on any atom is 0.306 e. The minimum atomic E-state index is -0.0228. The second-order valence-corrected chi connectivity index (χ2v) is 5.57. The van der Waals surface area contributed by atoms with Crippen LogP contribution in [0.15, 0.2) is 12.2 Å². The Labute approximate surface area is 105 Å². The molecule has 1 rings (SSSR count). The normalized spacial score (nSPS) is 30.2. The molecular weight excluding hydrogens is 212 g/mol. The van der Waals surface area contributed by atoms with Crippen LogP contribution in [0.25, 0.3) is 0 Å². The van der Waals surface area contributed by atoms with Gasteiger partial charge in [0.15, 0.2) is 0 Å². The summed E-state index contributed by atoms with van der Waals surface area (Å²) in [4.78, 5) is 11.6. The predicted molar refractivity (Wildman–Crippen MR) is 70.7 cm³/mol. The summed E-state index contributed by atoms with van der Waals surface area (Å²) in [7, 11) is 0. The molecular formula is C15H26O2. The van der Waals surface area contributed by atoms with Crippen LogP contribution < -0.4 is 0 Å². The van der Waals surface area contributed by atoms with Crippen molar-refractivity contribution in [1.82, 2.24) is 0 Å². The number of rotatable bonds is 1. The van der Waals surface area contributed by atoms with Crippen LogP contribution >= 0.6 is 0 Å². The van der Waals surface area contributed by atoms with Crippen molar-refractivity contribution in [2.45, 2.75) is 65.4 Å². The largest absolute Gasteiger partial charge is 0.462 e. The van der Waals surface area contributed by atoms with Crippen LogP contribution in [0.2, 0.25) is 0 Å². The van der Waals surface area contributed by atoms with Crippen molar-refractivity contribution in [3.8, 4) is 0 Å². The Balaban J connectivity index is 2.57. The summed E-state index contributed by atoms with van der Waals surface area (Å²) in [6.07, 6.45) is 10.4. The van der Waals surface area contributed by atoms with Crippen molar-refractivity contribution < 1.29 is 9.53 Å². The van der Waals surface area contributed by atoms with Gasteiger partial charge in [0.25, 0.3) is 0 Å². The Hall–Kier alpha value is -0.790. The summed E-state index contributed by atoms with van der Waals surface area (Å²) in [6, 6.07) is 0. The summed E-state index contributed by atoms with van der Waals surface area (Å²) in [5.41, 5.74) is 0. The molecule has 0 amide bonds. The predicted octanol–water partition coefficient (Wildman–Crippen LogP) is 4.10. The van der Waals surface area contributed by atoms with Crippen LogP contribution in [0.1, 0.15) is 59.3 Å². The maximum absolute atomic E-state index is 11.6. The van der Waals surface area contributed by atoms with Gasteiger partial charge < -0.3 is 4.74 Å². The quantitative estimate of drug-likeness (QED) is 0.508. The fraction of sp³-hybridized carbons (Fsp3) is 0.800. The van der Waals surface area contributed by atoms with Crippen molar-refractivity contribution in [1.29, 1.82) is 0 Å². The zero-order valence-corrected chi connectivity index (χ0v) is 11.4. The molecule has 2 heteroatoms. The van der Waals surface area contributed by atoms with Gasteiger partial charge in [0, 0.05) is 12.8 Å². The molecule has 0 radical (unpaired) electrons. The first-order valence-corrected chi connectivity index (χ1v) is 6.94. The number of esters is 1. The molecule has 0 N–H and O–H groups in total. The molecule has 0 saturated carbocycles. The molecule has 0 aromatic heterocycles. The molecule has 0 aromatic rings. The Morgan fingerprint density at radius 1 is 1.24 bits per heavy atom. The van der Waals surface area contributed by atoms with Crippen molar-refractivity contribution in [2.75, 3.05) is 0 Å². The zero-order valence-electron chi connectivity index (χ0n) is 11.4. The Morgan fingerprint density at radius 3 is 2.65 bits per heavy atom. The number of hydrogen-bond donors (Lipinski definition) is 0. The van der Waals surface area contributed by atoms with Gasteiger partial charge in [-0.1, -0.05) is 45.8 Å². The van der Waals surface area contributed by atoms with E-state index in [0.29, 0.717) is 12.3 Å². The van der Waals surface area contributed by atoms with Gasteiger partial charge in [-0.2, -0.15) is 0 Å². The van der Waals surface area contributed by atoms with E-state index in [0.717, 1.165) is 31.6 Å². The SMILES string of the molecule is CC(C)[C@H]1C/C=C/C[C@@H](C)CCCCC(=O)O1. The standard InChI is InChI=1S/C15H26O2/c1-12(2)14-10-6-4-8-13(3)9-5-7-11-15(16)17-14/h4,6,12-14H,5,7-11H2,1-3H3/b6-4+/t13-,14-/m1/s1. The molecule has 0 saturated heterocycles. The summed E-state index contributed by atoms with van der Waals surface area (Å²) >= 11 is 0. The van der Waals surface area contributed by atoms with Crippen LogP contribution in [0, 0.1) is 11.8 Å². The van der Waals surface area contributed by atoms with Gasteiger partial charge in [0.05, 0.1) is 0 Å². The second-order valence-electron chi connectivity index (χ2n) is 5.57. The van der Waals surface area contributed by atoms with Crippen molar-refractivity contribution in [3.63, 3.8) is 0 Å². The van der Waals surface area contributed by atoms with E-state index in [-0.39, 0.29) is 12.1 Å². The minimum absolute atomic E-state index is 0.0228. The number of carbonyl (C=O) groups excluding carboxylic acids is 1. The topological polar surface area (TPSA) is 26.3 Å². The number of carbonyl (C=O) groups is 1. The van der Waals surface area contributed by atoms with Gasteiger partial charge in [-0.3, -0.25) is 4.79 Å². The molecule has 98 valence electrons. The average molecular weight is 238 g/mol. The second kappa shape index (κ2) is 7.52. The summed E-state index contributed by atoms with van der Waals surface area (Å²) < 4.78 is 5.52. The molecule has 0 bridgehead atoms. The third-order valence-corrected chi connectivity index (χ3v) is 3.43. The zero-order chi connectivity index (χ0) is 12.7. The van der Waals surface area contributed by atoms with Crippen molar-refractivity contribution >= 4 is 5.97 Å². The third kappa shape index (κ3) is 5.90. The minimum Gasteiger partial charge on any atom is -0.462 e. The van der Waals surface area contributed by atoms with Crippen LogP contribution in [-0.2, 0) is 9.53 Å². The van der Waals surface area contributed by atoms with Gasteiger partial charge in [-0.05, 0) is 24.7 Å². The van der Waals surface area contributed by atoms with Gasteiger partial charge in [-0.25, -0.2) is 0 Å². The van der Waals surface area contributed by atoms with Gasteiger partial charge in [0.1, 0.15) is 6.10 Å². The van der Waals surface area contributed by atoms with Crippen LogP contribution in [-0.4, -0.2) is 12.1 Å². The number of hydrogen-bond acceptors (Lipinski definition) is 2. The summed E-state index contributed by atoms with van der Waals surface area (Å²) in [5, 5.41) is 0. The van der Waals surface area contributed by atoms with Crippen LogP contribution in [0.5, 0.6) is 0 Å². The van der Waals surface area contributed by atoms with E-state index in [1.165, 1.54) is 6.42 Å². The molecule has 2 nitrogen and oxygen atoms in total.